The van der Waals surface area contributed by atoms with Gasteiger partial charge < -0.3 is 19.5 Å². The number of nitrogens with zero attached hydrogens (tertiary/aromatic N) is 2. The predicted octanol–water partition coefficient (Wildman–Crippen LogP) is 3.54. The fraction of sp³-hybridized carbons (Fsp3) is 0.250. The van der Waals surface area contributed by atoms with Crippen molar-refractivity contribution in [1.82, 2.24) is 9.97 Å². The molecule has 1 aliphatic rings. The number of aromatic nitrogens is 2. The summed E-state index contributed by atoms with van der Waals surface area (Å²) in [6, 6.07) is 13.1. The lowest BCUT2D eigenvalue weighted by Gasteiger charge is -2.12. The van der Waals surface area contributed by atoms with Gasteiger partial charge in [-0.05, 0) is 36.2 Å². The molecule has 27 heavy (non-hydrogen) atoms. The molecule has 0 aliphatic carbocycles. The molecule has 2 heterocycles. The van der Waals surface area contributed by atoms with E-state index in [4.69, 9.17) is 14.2 Å². The summed E-state index contributed by atoms with van der Waals surface area (Å²) in [7, 11) is 0. The van der Waals surface area contributed by atoms with Gasteiger partial charge in [-0.3, -0.25) is 0 Å². The largest absolute Gasteiger partial charge is 0.461 e. The zero-order chi connectivity index (χ0) is 18.6. The summed E-state index contributed by atoms with van der Waals surface area (Å²) in [5.74, 6) is 1.35. The number of hydrogen-bond donors (Lipinski definition) is 1. The molecule has 7 heteroatoms. The Morgan fingerprint density at radius 1 is 1.11 bits per heavy atom. The minimum atomic E-state index is -0.483. The predicted molar refractivity (Wildman–Crippen MR) is 100 cm³/mol. The molecule has 138 valence electrons. The number of anilines is 1. The normalized spacial score (nSPS) is 12.2. The molecule has 0 amide bonds. The topological polar surface area (TPSA) is 82.6 Å². The zero-order valence-corrected chi connectivity index (χ0v) is 14.9. The lowest BCUT2D eigenvalue weighted by atomic mass is 10.2. The van der Waals surface area contributed by atoms with E-state index >= 15 is 0 Å². The first-order chi connectivity index (χ1) is 13.2. The first-order valence-electron chi connectivity index (χ1n) is 8.81. The van der Waals surface area contributed by atoms with E-state index in [-0.39, 0.29) is 12.5 Å². The van der Waals surface area contributed by atoms with Crippen molar-refractivity contribution >= 4 is 22.8 Å². The number of nitrogens with one attached hydrogen (secondary N) is 1. The van der Waals surface area contributed by atoms with E-state index in [1.807, 2.05) is 49.4 Å². The molecule has 0 unspecified atom stereocenters. The molecule has 0 fully saturated rings. The number of hydrogen-bond acceptors (Lipinski definition) is 7. The van der Waals surface area contributed by atoms with E-state index in [0.29, 0.717) is 35.8 Å². The van der Waals surface area contributed by atoms with Crippen LogP contribution < -0.4 is 14.8 Å². The molecule has 0 saturated carbocycles. The van der Waals surface area contributed by atoms with Crippen LogP contribution in [0.3, 0.4) is 0 Å². The maximum Gasteiger partial charge on any atom is 0.360 e. The van der Waals surface area contributed by atoms with Crippen molar-refractivity contribution < 1.29 is 19.0 Å². The number of ether oxygens (including phenoxy) is 3. The van der Waals surface area contributed by atoms with Crippen LogP contribution in [0, 0.1) is 0 Å². The fourth-order valence-corrected chi connectivity index (χ4v) is 2.77. The molecule has 3 aromatic rings. The Balaban J connectivity index is 1.61. The number of carbonyl (C=O) groups is 1. The van der Waals surface area contributed by atoms with Crippen molar-refractivity contribution in [2.24, 2.45) is 0 Å². The average Bonchev–Trinajstić information content (AvgIpc) is 3.17. The molecular formula is C20H19N3O4. The van der Waals surface area contributed by atoms with Crippen LogP contribution in [0.15, 0.2) is 42.5 Å². The molecule has 1 aliphatic heterocycles. The summed E-state index contributed by atoms with van der Waals surface area (Å²) in [4.78, 5) is 21.4. The van der Waals surface area contributed by atoms with Gasteiger partial charge in [0.15, 0.2) is 23.0 Å². The Morgan fingerprint density at radius 3 is 2.70 bits per heavy atom. The van der Waals surface area contributed by atoms with Gasteiger partial charge in [-0.2, -0.15) is 0 Å². The molecule has 0 spiro atoms. The lowest BCUT2D eigenvalue weighted by Crippen LogP contribution is -2.14. The molecule has 0 saturated heterocycles. The van der Waals surface area contributed by atoms with Gasteiger partial charge >= 0.3 is 5.97 Å². The fourth-order valence-electron chi connectivity index (χ4n) is 2.77. The van der Waals surface area contributed by atoms with Crippen LogP contribution in [0.4, 0.5) is 5.82 Å². The quantitative estimate of drug-likeness (QED) is 0.669. The summed E-state index contributed by atoms with van der Waals surface area (Å²) < 4.78 is 16.0. The summed E-state index contributed by atoms with van der Waals surface area (Å²) in [5, 5.41) is 3.20. The summed E-state index contributed by atoms with van der Waals surface area (Å²) in [6.07, 6.45) is 0.743. The third-order valence-electron chi connectivity index (χ3n) is 4.10. The summed E-state index contributed by atoms with van der Waals surface area (Å²) in [5.41, 5.74) is 2.51. The van der Waals surface area contributed by atoms with Gasteiger partial charge in [0.05, 0.1) is 17.6 Å². The van der Waals surface area contributed by atoms with Crippen LogP contribution in [-0.4, -0.2) is 29.3 Å². The number of benzene rings is 2. The van der Waals surface area contributed by atoms with E-state index in [1.54, 1.807) is 0 Å². The zero-order valence-electron chi connectivity index (χ0n) is 14.9. The first kappa shape index (κ1) is 17.1. The first-order valence-corrected chi connectivity index (χ1v) is 8.81. The number of fused-ring (bicyclic) bond motifs is 2. The standard InChI is InChI=1S/C20H19N3O4/c1-2-9-25-20(24)18-19(23-15-6-4-3-5-14(15)22-18)21-11-13-7-8-16-17(10-13)27-12-26-16/h3-8,10H,2,9,11-12H2,1H3,(H,21,23). The van der Waals surface area contributed by atoms with Crippen molar-refractivity contribution in [3.63, 3.8) is 0 Å². The Hall–Kier alpha value is -3.35. The van der Waals surface area contributed by atoms with E-state index < -0.39 is 5.97 Å². The number of para-hydroxylation sites is 2. The molecule has 2 aromatic carbocycles. The van der Waals surface area contributed by atoms with Crippen molar-refractivity contribution in [2.45, 2.75) is 19.9 Å². The monoisotopic (exact) mass is 365 g/mol. The van der Waals surface area contributed by atoms with Gasteiger partial charge in [-0.25, -0.2) is 14.8 Å². The summed E-state index contributed by atoms with van der Waals surface area (Å²) >= 11 is 0. The average molecular weight is 365 g/mol. The smallest absolute Gasteiger partial charge is 0.360 e. The molecule has 7 nitrogen and oxygen atoms in total. The molecule has 1 aromatic heterocycles. The number of carbonyl (C=O) groups excluding carboxylic acids is 1. The van der Waals surface area contributed by atoms with Gasteiger partial charge in [0, 0.05) is 6.54 Å². The van der Waals surface area contributed by atoms with Crippen molar-refractivity contribution in [3.8, 4) is 11.5 Å². The van der Waals surface area contributed by atoms with Gasteiger partial charge in [0.2, 0.25) is 6.79 Å². The molecule has 0 bridgehead atoms. The lowest BCUT2D eigenvalue weighted by molar-refractivity contribution is 0.0499. The maximum atomic E-state index is 12.4. The van der Waals surface area contributed by atoms with Crippen LogP contribution in [0.5, 0.6) is 11.5 Å². The second-order valence-corrected chi connectivity index (χ2v) is 6.09. The third kappa shape index (κ3) is 3.62. The van der Waals surface area contributed by atoms with Crippen molar-refractivity contribution in [3.05, 3.63) is 53.7 Å². The van der Waals surface area contributed by atoms with Crippen LogP contribution in [0.1, 0.15) is 29.4 Å². The summed E-state index contributed by atoms with van der Waals surface area (Å²) in [6.45, 7) is 2.97. The van der Waals surface area contributed by atoms with E-state index in [2.05, 4.69) is 15.3 Å². The Labute approximate surface area is 156 Å². The van der Waals surface area contributed by atoms with E-state index in [0.717, 1.165) is 17.7 Å². The SMILES string of the molecule is CCCOC(=O)c1nc2ccccc2nc1NCc1ccc2c(c1)OCO2. The minimum absolute atomic E-state index is 0.183. The molecule has 4 rings (SSSR count). The molecule has 0 radical (unpaired) electrons. The molecule has 0 atom stereocenters. The highest BCUT2D eigenvalue weighted by molar-refractivity contribution is 5.95. The van der Waals surface area contributed by atoms with Gasteiger partial charge in [0.25, 0.3) is 0 Å². The maximum absolute atomic E-state index is 12.4. The highest BCUT2D eigenvalue weighted by Crippen LogP contribution is 2.32. The van der Waals surface area contributed by atoms with Crippen LogP contribution in [0.2, 0.25) is 0 Å². The Morgan fingerprint density at radius 2 is 1.89 bits per heavy atom. The highest BCUT2D eigenvalue weighted by atomic mass is 16.7. The molecule has 1 N–H and O–H groups in total. The minimum Gasteiger partial charge on any atom is -0.461 e. The van der Waals surface area contributed by atoms with Crippen LogP contribution >= 0.6 is 0 Å². The van der Waals surface area contributed by atoms with Crippen LogP contribution in [0.25, 0.3) is 11.0 Å². The Kier molecular flexibility index (Phi) is 4.74. The second kappa shape index (κ2) is 7.49. The second-order valence-electron chi connectivity index (χ2n) is 6.09. The highest BCUT2D eigenvalue weighted by Gasteiger charge is 2.18. The van der Waals surface area contributed by atoms with Gasteiger partial charge in [-0.1, -0.05) is 25.1 Å². The van der Waals surface area contributed by atoms with Crippen molar-refractivity contribution in [1.29, 1.82) is 0 Å². The molecular weight excluding hydrogens is 346 g/mol. The van der Waals surface area contributed by atoms with E-state index in [1.165, 1.54) is 0 Å². The Bertz CT molecular complexity index is 990. The van der Waals surface area contributed by atoms with Gasteiger partial charge in [0.1, 0.15) is 0 Å². The number of rotatable bonds is 6. The third-order valence-corrected chi connectivity index (χ3v) is 4.10. The van der Waals surface area contributed by atoms with Gasteiger partial charge in [-0.15, -0.1) is 0 Å². The van der Waals surface area contributed by atoms with Crippen LogP contribution in [-0.2, 0) is 11.3 Å². The number of esters is 1. The van der Waals surface area contributed by atoms with Crippen molar-refractivity contribution in [2.75, 3.05) is 18.7 Å². The van der Waals surface area contributed by atoms with E-state index in [9.17, 15) is 4.79 Å².